The van der Waals surface area contributed by atoms with Gasteiger partial charge in [0.05, 0.1) is 18.4 Å². The minimum Gasteiger partial charge on any atom is -0.493 e. The van der Waals surface area contributed by atoms with E-state index in [9.17, 15) is 31.9 Å². The molecule has 12 heteroatoms. The Kier molecular flexibility index (Phi) is 7.51. The maximum absolute atomic E-state index is 13.1. The number of nitrogens with zero attached hydrogens (tertiary/aromatic N) is 2. The molecule has 0 aliphatic heterocycles. The van der Waals surface area contributed by atoms with Crippen LogP contribution in [0.1, 0.15) is 12.5 Å². The molecule has 0 saturated carbocycles. The Morgan fingerprint density at radius 3 is 2.35 bits per heavy atom. The van der Waals surface area contributed by atoms with E-state index in [0.717, 1.165) is 23.9 Å². The summed E-state index contributed by atoms with van der Waals surface area (Å²) in [7, 11) is 1.32. The van der Waals surface area contributed by atoms with Crippen LogP contribution in [0.25, 0.3) is 5.69 Å². The third-order valence-corrected chi connectivity index (χ3v) is 5.59. The number of ether oxygens (including phenoxy) is 2. The lowest BCUT2D eigenvalue weighted by molar-refractivity contribution is -0.137. The van der Waals surface area contributed by atoms with Gasteiger partial charge < -0.3 is 14.6 Å². The SMILES string of the molecule is COc1cc(-n2ccnc(Sc3ccc(C(F)(F)F)cc3)c2=O)ccc1OCC(O)C(C)(F)F. The van der Waals surface area contributed by atoms with Crippen molar-refractivity contribution in [3.8, 4) is 17.2 Å². The van der Waals surface area contributed by atoms with Gasteiger partial charge in [-0.15, -0.1) is 0 Å². The zero-order valence-corrected chi connectivity index (χ0v) is 18.7. The number of methoxy groups -OCH3 is 1. The molecule has 182 valence electrons. The largest absolute Gasteiger partial charge is 0.493 e. The second kappa shape index (κ2) is 10.0. The standard InChI is InChI=1S/C22H19F5N2O4S/c1-21(23,24)18(30)12-33-16-8-5-14(11-17(16)32-2)29-10-9-28-19(20(29)31)34-15-6-3-13(4-7-15)22(25,26)27/h3-11,18,30H,12H2,1-2H3. The highest BCUT2D eigenvalue weighted by atomic mass is 32.2. The van der Waals surface area contributed by atoms with Gasteiger partial charge in [-0.1, -0.05) is 11.8 Å². The lowest BCUT2D eigenvalue weighted by Crippen LogP contribution is -2.35. The number of aliphatic hydroxyl groups excluding tert-OH is 1. The Morgan fingerprint density at radius 2 is 1.76 bits per heavy atom. The maximum Gasteiger partial charge on any atom is 0.416 e. The van der Waals surface area contributed by atoms with Crippen molar-refractivity contribution in [2.24, 2.45) is 0 Å². The molecule has 2 aromatic carbocycles. The lowest BCUT2D eigenvalue weighted by Gasteiger charge is -2.19. The molecule has 1 unspecified atom stereocenters. The smallest absolute Gasteiger partial charge is 0.416 e. The van der Waals surface area contributed by atoms with Crippen LogP contribution in [0.4, 0.5) is 22.0 Å². The summed E-state index contributed by atoms with van der Waals surface area (Å²) in [6.45, 7) is -0.111. The van der Waals surface area contributed by atoms with Crippen molar-refractivity contribution in [3.63, 3.8) is 0 Å². The molecule has 0 radical (unpaired) electrons. The molecule has 3 aromatic rings. The van der Waals surface area contributed by atoms with Crippen molar-refractivity contribution in [2.75, 3.05) is 13.7 Å². The minimum absolute atomic E-state index is 0.0230. The van der Waals surface area contributed by atoms with E-state index >= 15 is 0 Å². The van der Waals surface area contributed by atoms with Gasteiger partial charge >= 0.3 is 6.18 Å². The fraction of sp³-hybridized carbons (Fsp3) is 0.273. The molecular formula is C22H19F5N2O4S. The average molecular weight is 502 g/mol. The molecule has 0 aliphatic rings. The fourth-order valence-electron chi connectivity index (χ4n) is 2.73. The highest BCUT2D eigenvalue weighted by molar-refractivity contribution is 7.99. The molecular weight excluding hydrogens is 483 g/mol. The van der Waals surface area contributed by atoms with E-state index in [1.807, 2.05) is 0 Å². The first-order valence-electron chi connectivity index (χ1n) is 9.70. The highest BCUT2D eigenvalue weighted by Crippen LogP contribution is 2.33. The van der Waals surface area contributed by atoms with Gasteiger partial charge in [-0.2, -0.15) is 13.2 Å². The van der Waals surface area contributed by atoms with Crippen molar-refractivity contribution in [1.29, 1.82) is 0 Å². The summed E-state index contributed by atoms with van der Waals surface area (Å²) in [4.78, 5) is 17.3. The van der Waals surface area contributed by atoms with Crippen molar-refractivity contribution in [1.82, 2.24) is 9.55 Å². The van der Waals surface area contributed by atoms with Gasteiger partial charge in [0.2, 0.25) is 0 Å². The Bertz CT molecular complexity index is 1190. The summed E-state index contributed by atoms with van der Waals surface area (Å²) < 4.78 is 76.2. The normalized spacial score (nSPS) is 12.9. The number of aromatic nitrogens is 2. The van der Waals surface area contributed by atoms with E-state index in [-0.39, 0.29) is 16.5 Å². The summed E-state index contributed by atoms with van der Waals surface area (Å²) in [6.07, 6.45) is -3.75. The predicted molar refractivity (Wildman–Crippen MR) is 114 cm³/mol. The van der Waals surface area contributed by atoms with E-state index < -0.39 is 35.9 Å². The summed E-state index contributed by atoms with van der Waals surface area (Å²) in [5.74, 6) is -3.14. The molecule has 0 bridgehead atoms. The third-order valence-electron chi connectivity index (χ3n) is 4.61. The minimum atomic E-state index is -4.47. The van der Waals surface area contributed by atoms with Crippen LogP contribution in [0.15, 0.2) is 69.6 Å². The van der Waals surface area contributed by atoms with Crippen molar-refractivity contribution < 1.29 is 36.5 Å². The average Bonchev–Trinajstić information content (AvgIpc) is 2.78. The van der Waals surface area contributed by atoms with Gasteiger partial charge in [0, 0.05) is 30.3 Å². The van der Waals surface area contributed by atoms with Gasteiger partial charge in [0.1, 0.15) is 6.61 Å². The number of hydrogen-bond acceptors (Lipinski definition) is 6. The second-order valence-electron chi connectivity index (χ2n) is 7.15. The Morgan fingerprint density at radius 1 is 1.09 bits per heavy atom. The van der Waals surface area contributed by atoms with Crippen LogP contribution >= 0.6 is 11.8 Å². The van der Waals surface area contributed by atoms with E-state index in [1.165, 1.54) is 54.4 Å². The monoisotopic (exact) mass is 502 g/mol. The van der Waals surface area contributed by atoms with E-state index in [1.54, 1.807) is 0 Å². The maximum atomic E-state index is 13.1. The first kappa shape index (κ1) is 25.5. The Hall–Kier alpha value is -3.12. The molecule has 3 rings (SSSR count). The molecule has 1 aromatic heterocycles. The molecule has 0 amide bonds. The summed E-state index contributed by atoms with van der Waals surface area (Å²) in [5, 5.41) is 9.48. The lowest BCUT2D eigenvalue weighted by atomic mass is 10.2. The number of rotatable bonds is 8. The van der Waals surface area contributed by atoms with Gasteiger partial charge in [-0.25, -0.2) is 13.8 Å². The van der Waals surface area contributed by atoms with Gasteiger partial charge in [-0.3, -0.25) is 9.36 Å². The molecule has 6 nitrogen and oxygen atoms in total. The molecule has 34 heavy (non-hydrogen) atoms. The fourth-order valence-corrected chi connectivity index (χ4v) is 3.53. The second-order valence-corrected chi connectivity index (χ2v) is 8.21. The molecule has 0 fully saturated rings. The van der Waals surface area contributed by atoms with Gasteiger partial charge in [0.15, 0.2) is 22.6 Å². The predicted octanol–water partition coefficient (Wildman–Crippen LogP) is 4.81. The summed E-state index contributed by atoms with van der Waals surface area (Å²) in [5.41, 5.74) is -1.00. The Balaban J connectivity index is 1.84. The first-order chi connectivity index (χ1) is 15.9. The van der Waals surface area contributed by atoms with E-state index in [4.69, 9.17) is 9.47 Å². The topological polar surface area (TPSA) is 73.6 Å². The van der Waals surface area contributed by atoms with Crippen molar-refractivity contribution in [3.05, 3.63) is 70.8 Å². The quantitative estimate of drug-likeness (QED) is 0.446. The van der Waals surface area contributed by atoms with E-state index in [2.05, 4.69) is 4.98 Å². The van der Waals surface area contributed by atoms with Gasteiger partial charge in [-0.05, 0) is 36.4 Å². The van der Waals surface area contributed by atoms with Crippen LogP contribution in [0, 0.1) is 0 Å². The molecule has 0 saturated heterocycles. The van der Waals surface area contributed by atoms with Crippen LogP contribution in [-0.2, 0) is 6.18 Å². The van der Waals surface area contributed by atoms with Crippen molar-refractivity contribution >= 4 is 11.8 Å². The number of hydrogen-bond donors (Lipinski definition) is 1. The van der Waals surface area contributed by atoms with Crippen LogP contribution in [0.5, 0.6) is 11.5 Å². The Labute approximate surface area is 195 Å². The molecule has 1 atom stereocenters. The molecule has 0 aliphatic carbocycles. The van der Waals surface area contributed by atoms with Crippen molar-refractivity contribution in [2.45, 2.75) is 35.0 Å². The van der Waals surface area contributed by atoms with Crippen LogP contribution in [0.3, 0.4) is 0 Å². The van der Waals surface area contributed by atoms with Gasteiger partial charge in [0.25, 0.3) is 11.5 Å². The van der Waals surface area contributed by atoms with Crippen LogP contribution < -0.4 is 15.0 Å². The van der Waals surface area contributed by atoms with Crippen LogP contribution in [-0.4, -0.2) is 40.4 Å². The number of aliphatic hydroxyl groups is 1. The summed E-state index contributed by atoms with van der Waals surface area (Å²) in [6, 6.07) is 8.62. The number of alkyl halides is 5. The number of benzene rings is 2. The summed E-state index contributed by atoms with van der Waals surface area (Å²) >= 11 is 0.903. The highest BCUT2D eigenvalue weighted by Gasteiger charge is 2.33. The zero-order valence-electron chi connectivity index (χ0n) is 17.8. The first-order valence-corrected chi connectivity index (χ1v) is 10.5. The van der Waals surface area contributed by atoms with E-state index in [0.29, 0.717) is 17.5 Å². The van der Waals surface area contributed by atoms with Crippen LogP contribution in [0.2, 0.25) is 0 Å². The molecule has 1 N–H and O–H groups in total. The third kappa shape index (κ3) is 6.06. The number of halogens is 5. The zero-order chi connectivity index (χ0) is 25.1. The molecule has 0 spiro atoms. The molecule has 1 heterocycles.